The molecule has 4 atom stereocenters. The van der Waals surface area contributed by atoms with Gasteiger partial charge in [-0.15, -0.1) is 0 Å². The van der Waals surface area contributed by atoms with Gasteiger partial charge in [-0.1, -0.05) is 39.0 Å². The number of aromatic nitrogens is 2. The van der Waals surface area contributed by atoms with E-state index in [9.17, 15) is 9.90 Å². The predicted molar refractivity (Wildman–Crippen MR) is 127 cm³/mol. The monoisotopic (exact) mass is 478 g/mol. The van der Waals surface area contributed by atoms with Gasteiger partial charge >= 0.3 is 5.69 Å². The molecule has 1 N–H and O–H groups in total. The molecule has 1 saturated heterocycles. The number of aryl methyl sites for hydroxylation is 3. The van der Waals surface area contributed by atoms with Crippen molar-refractivity contribution >= 4 is 8.32 Å². The van der Waals surface area contributed by atoms with E-state index < -0.39 is 45.2 Å². The summed E-state index contributed by atoms with van der Waals surface area (Å²) in [7, 11) is -2.34. The van der Waals surface area contributed by atoms with Crippen molar-refractivity contribution in [3.63, 3.8) is 0 Å². The first kappa shape index (κ1) is 25.5. The molecule has 7 nitrogen and oxygen atoms in total. The van der Waals surface area contributed by atoms with Crippen molar-refractivity contribution in [3.05, 3.63) is 51.6 Å². The highest BCUT2D eigenvalue weighted by atomic mass is 28.4. The Kier molecular flexibility index (Phi) is 7.19. The van der Waals surface area contributed by atoms with Crippen LogP contribution in [0.3, 0.4) is 0 Å². The Hall–Kier alpha value is -2.07. The van der Waals surface area contributed by atoms with E-state index in [1.165, 1.54) is 6.20 Å². The Balaban J connectivity index is 1.90. The minimum atomic E-state index is -2.34. The lowest BCUT2D eigenvalue weighted by Crippen LogP contribution is -2.49. The summed E-state index contributed by atoms with van der Waals surface area (Å²) in [6, 6.07) is 5.75. The molecular weight excluding hydrogens is 443 g/mol. The molecule has 1 aromatic heterocycles. The van der Waals surface area contributed by atoms with Crippen LogP contribution in [0, 0.1) is 20.8 Å². The number of hydrogen-bond donors (Lipinski definition) is 1. The van der Waals surface area contributed by atoms with Crippen LogP contribution in [0.15, 0.2) is 29.2 Å². The van der Waals surface area contributed by atoms with E-state index >= 15 is 4.39 Å². The summed E-state index contributed by atoms with van der Waals surface area (Å²) in [6.45, 7) is 15.3. The average Bonchev–Trinajstić information content (AvgIpc) is 3.01. The van der Waals surface area contributed by atoms with Gasteiger partial charge in [0.1, 0.15) is 18.0 Å². The van der Waals surface area contributed by atoms with Gasteiger partial charge in [0, 0.05) is 11.8 Å². The van der Waals surface area contributed by atoms with Crippen LogP contribution in [-0.4, -0.2) is 48.0 Å². The molecular formula is C24H35FN2O5Si. The Morgan fingerprint density at radius 2 is 1.79 bits per heavy atom. The largest absolute Gasteiger partial charge is 0.438 e. The number of halogens is 1. The van der Waals surface area contributed by atoms with E-state index in [0.29, 0.717) is 11.3 Å². The third-order valence-electron chi connectivity index (χ3n) is 6.65. The molecule has 9 heteroatoms. The van der Waals surface area contributed by atoms with Crippen molar-refractivity contribution in [1.29, 1.82) is 0 Å². The molecule has 1 aromatic carbocycles. The molecule has 33 heavy (non-hydrogen) atoms. The third-order valence-corrected chi connectivity index (χ3v) is 11.1. The van der Waals surface area contributed by atoms with Gasteiger partial charge in [-0.05, 0) is 50.0 Å². The summed E-state index contributed by atoms with van der Waals surface area (Å²) in [6.07, 6.45) is -3.25. The molecule has 1 fully saturated rings. The second kappa shape index (κ2) is 9.29. The van der Waals surface area contributed by atoms with Gasteiger partial charge < -0.3 is 19.0 Å². The van der Waals surface area contributed by atoms with Gasteiger partial charge in [0.15, 0.2) is 20.7 Å². The molecule has 2 heterocycles. The number of para-hydroxylation sites is 1. The van der Waals surface area contributed by atoms with Crippen molar-refractivity contribution in [1.82, 2.24) is 9.55 Å². The van der Waals surface area contributed by atoms with Crippen molar-refractivity contribution in [3.8, 4) is 11.6 Å². The quantitative estimate of drug-likeness (QED) is 0.612. The van der Waals surface area contributed by atoms with E-state index in [2.05, 4.69) is 25.8 Å². The maximum atomic E-state index is 15.6. The molecule has 1 unspecified atom stereocenters. The standard InChI is InChI=1S/C24H35FN2O5Si/c1-14-10-9-11-15(2)19(14)31-21-16(3)12-27(23(29)26-21)22-18(25)20(17(13-28)30-22)32-33(7,8)24(4,5)6/h9-12,17-18,20,22,28H,13H2,1-8H3/t17-,18+,20?,22-/m0/s1. The van der Waals surface area contributed by atoms with Crippen molar-refractivity contribution < 1.29 is 23.4 Å². The molecule has 3 rings (SSSR count). The zero-order chi connectivity index (χ0) is 24.7. The fraction of sp³-hybridized carbons (Fsp3) is 0.583. The van der Waals surface area contributed by atoms with Crippen LogP contribution in [-0.2, 0) is 9.16 Å². The summed E-state index contributed by atoms with van der Waals surface area (Å²) in [5.74, 6) is 0.795. The lowest BCUT2D eigenvalue weighted by atomic mass is 10.1. The number of aliphatic hydroxyl groups is 1. The van der Waals surface area contributed by atoms with E-state index in [0.717, 1.165) is 15.7 Å². The molecule has 0 spiro atoms. The fourth-order valence-electron chi connectivity index (χ4n) is 3.62. The maximum Gasteiger partial charge on any atom is 0.353 e. The summed E-state index contributed by atoms with van der Waals surface area (Å²) >= 11 is 0. The number of ether oxygens (including phenoxy) is 2. The second-order valence-corrected chi connectivity index (χ2v) is 15.0. The minimum absolute atomic E-state index is 0.146. The zero-order valence-corrected chi connectivity index (χ0v) is 21.7. The highest BCUT2D eigenvalue weighted by Crippen LogP contribution is 2.42. The van der Waals surface area contributed by atoms with E-state index in [4.69, 9.17) is 13.9 Å². The summed E-state index contributed by atoms with van der Waals surface area (Å²) in [5.41, 5.74) is 1.70. The van der Waals surface area contributed by atoms with Crippen molar-refractivity contribution in [2.75, 3.05) is 6.61 Å². The lowest BCUT2D eigenvalue weighted by molar-refractivity contribution is -0.0480. The smallest absolute Gasteiger partial charge is 0.353 e. The molecule has 182 valence electrons. The summed E-state index contributed by atoms with van der Waals surface area (Å²) in [5, 5.41) is 9.68. The number of hydrogen-bond acceptors (Lipinski definition) is 6. The van der Waals surface area contributed by atoms with Crippen molar-refractivity contribution in [2.45, 2.75) is 84.3 Å². The molecule has 0 amide bonds. The van der Waals surface area contributed by atoms with E-state index in [-0.39, 0.29) is 10.9 Å². The number of aliphatic hydroxyl groups excluding tert-OH is 1. The summed E-state index contributed by atoms with van der Waals surface area (Å²) in [4.78, 5) is 16.9. The van der Waals surface area contributed by atoms with Crippen LogP contribution in [0.5, 0.6) is 11.6 Å². The number of rotatable bonds is 6. The topological polar surface area (TPSA) is 82.8 Å². The molecule has 0 bridgehead atoms. The van der Waals surface area contributed by atoms with Crippen LogP contribution in [0.25, 0.3) is 0 Å². The summed E-state index contributed by atoms with van der Waals surface area (Å²) < 4.78 is 34.7. The van der Waals surface area contributed by atoms with Gasteiger partial charge in [-0.3, -0.25) is 4.57 Å². The third kappa shape index (κ3) is 5.06. The number of benzene rings is 1. The van der Waals surface area contributed by atoms with Crippen LogP contribution < -0.4 is 10.4 Å². The minimum Gasteiger partial charge on any atom is -0.438 e. The maximum absolute atomic E-state index is 15.6. The fourth-order valence-corrected chi connectivity index (χ4v) is 4.93. The molecule has 0 radical (unpaired) electrons. The Morgan fingerprint density at radius 1 is 1.18 bits per heavy atom. The first-order valence-electron chi connectivity index (χ1n) is 11.2. The molecule has 2 aromatic rings. The van der Waals surface area contributed by atoms with Gasteiger partial charge in [0.25, 0.3) is 0 Å². The molecule has 0 aliphatic carbocycles. The van der Waals surface area contributed by atoms with Crippen molar-refractivity contribution in [2.24, 2.45) is 0 Å². The van der Waals surface area contributed by atoms with Gasteiger partial charge in [-0.2, -0.15) is 4.98 Å². The highest BCUT2D eigenvalue weighted by molar-refractivity contribution is 6.74. The zero-order valence-electron chi connectivity index (χ0n) is 20.7. The Morgan fingerprint density at radius 3 is 2.33 bits per heavy atom. The average molecular weight is 479 g/mol. The Labute approximate surface area is 195 Å². The van der Waals surface area contributed by atoms with Gasteiger partial charge in [0.2, 0.25) is 5.88 Å². The molecule has 0 saturated carbocycles. The SMILES string of the molecule is Cc1cn([C@H]2O[C@@H](CO)C(O[Si](C)(C)C(C)(C)C)[C@H]2F)c(=O)nc1Oc1c(C)cccc1C. The predicted octanol–water partition coefficient (Wildman–Crippen LogP) is 4.58. The molecule has 1 aliphatic rings. The van der Waals surface area contributed by atoms with Crippen LogP contribution in [0.4, 0.5) is 4.39 Å². The van der Waals surface area contributed by atoms with Gasteiger partial charge in [0.05, 0.1) is 6.61 Å². The van der Waals surface area contributed by atoms with Crippen LogP contribution in [0.2, 0.25) is 18.1 Å². The van der Waals surface area contributed by atoms with E-state index in [1.807, 2.05) is 45.1 Å². The van der Waals surface area contributed by atoms with Gasteiger partial charge in [-0.25, -0.2) is 9.18 Å². The second-order valence-electron chi connectivity index (χ2n) is 10.3. The number of nitrogens with zero attached hydrogens (tertiary/aromatic N) is 2. The van der Waals surface area contributed by atoms with Crippen LogP contribution in [0.1, 0.15) is 43.7 Å². The van der Waals surface area contributed by atoms with E-state index in [1.54, 1.807) is 6.92 Å². The first-order valence-corrected chi connectivity index (χ1v) is 14.1. The van der Waals surface area contributed by atoms with Crippen LogP contribution >= 0.6 is 0 Å². The molecule has 1 aliphatic heterocycles. The Bertz CT molecular complexity index is 1050. The first-order chi connectivity index (χ1) is 15.3. The lowest BCUT2D eigenvalue weighted by Gasteiger charge is -2.39. The number of alkyl halides is 1. The highest BCUT2D eigenvalue weighted by Gasteiger charge is 2.51. The normalized spacial score (nSPS) is 23.7.